The second-order valence-electron chi connectivity index (χ2n) is 4.84. The Hall–Kier alpha value is -2.33. The van der Waals surface area contributed by atoms with E-state index in [2.05, 4.69) is 48.5 Å². The molecule has 0 fully saturated rings. The van der Waals surface area contributed by atoms with Gasteiger partial charge in [0.1, 0.15) is 0 Å². The predicted octanol–water partition coefficient (Wildman–Crippen LogP) is 3.70. The van der Waals surface area contributed by atoms with E-state index in [-0.39, 0.29) is 5.30 Å². The van der Waals surface area contributed by atoms with Crippen LogP contribution in [0.15, 0.2) is 91.0 Å². The van der Waals surface area contributed by atoms with E-state index in [0.717, 1.165) is 0 Å². The SMILES string of the molecule is NS(=O)(=O)[P+](=O)c1ccccc1.c1ccc(-c2ccccc2)cc1. The average Bonchev–Trinajstić information content (AvgIpc) is 2.63. The lowest BCUT2D eigenvalue weighted by Crippen LogP contribution is -2.11. The number of hydrogen-bond acceptors (Lipinski definition) is 3. The summed E-state index contributed by atoms with van der Waals surface area (Å²) in [5.74, 6) is 0. The summed E-state index contributed by atoms with van der Waals surface area (Å²) in [4.78, 5) is 0. The number of benzene rings is 3. The molecular weight excluding hydrogens is 341 g/mol. The zero-order valence-electron chi connectivity index (χ0n) is 12.8. The molecule has 3 aromatic rings. The first kappa shape index (κ1) is 18.0. The van der Waals surface area contributed by atoms with E-state index in [9.17, 15) is 13.0 Å². The Morgan fingerprint density at radius 1 is 0.625 bits per heavy atom. The standard InChI is InChI=1S/C12H10.C6H7NO3PS/c1-3-7-11(8-4-1)12-9-5-2-6-10-12;7-12(9,10)11(8)6-4-2-1-3-5-6/h1-10H;1-5H,(H2,7,9,10)/q;+1. The van der Waals surface area contributed by atoms with Gasteiger partial charge in [0.05, 0.1) is 0 Å². The van der Waals surface area contributed by atoms with Crippen molar-refractivity contribution in [2.75, 3.05) is 0 Å². The Kier molecular flexibility index (Phi) is 6.38. The number of nitrogens with two attached hydrogens (primary N) is 1. The topological polar surface area (TPSA) is 77.2 Å². The smallest absolute Gasteiger partial charge is 0.188 e. The van der Waals surface area contributed by atoms with Gasteiger partial charge in [0, 0.05) is 0 Å². The van der Waals surface area contributed by atoms with E-state index < -0.39 is 16.6 Å². The molecule has 0 spiro atoms. The summed E-state index contributed by atoms with van der Waals surface area (Å²) in [5, 5.41) is 4.93. The van der Waals surface area contributed by atoms with Crippen LogP contribution in [0.4, 0.5) is 0 Å². The van der Waals surface area contributed by atoms with E-state index in [0.29, 0.717) is 0 Å². The van der Waals surface area contributed by atoms with Crippen molar-refractivity contribution in [2.45, 2.75) is 0 Å². The molecule has 0 radical (unpaired) electrons. The fourth-order valence-corrected chi connectivity index (χ4v) is 3.91. The Morgan fingerprint density at radius 2 is 0.958 bits per heavy atom. The van der Waals surface area contributed by atoms with Crippen molar-refractivity contribution in [3.63, 3.8) is 0 Å². The monoisotopic (exact) mass is 358 g/mol. The first-order valence-electron chi connectivity index (χ1n) is 7.14. The molecule has 0 saturated heterocycles. The Balaban J connectivity index is 0.000000174. The summed E-state index contributed by atoms with van der Waals surface area (Å²) in [6.07, 6.45) is 0. The maximum Gasteiger partial charge on any atom is 0.520 e. The molecule has 1 atom stereocenters. The molecular formula is C18H17NO3PS+. The highest BCUT2D eigenvalue weighted by molar-refractivity contribution is 8.46. The molecule has 0 amide bonds. The first-order chi connectivity index (χ1) is 11.5. The van der Waals surface area contributed by atoms with Gasteiger partial charge in [0.15, 0.2) is 0 Å². The van der Waals surface area contributed by atoms with E-state index in [1.807, 2.05) is 12.1 Å². The summed E-state index contributed by atoms with van der Waals surface area (Å²) in [7, 11) is -6.46. The highest BCUT2D eigenvalue weighted by atomic mass is 32.8. The van der Waals surface area contributed by atoms with Crippen molar-refractivity contribution in [3.8, 4) is 11.1 Å². The lowest BCUT2D eigenvalue weighted by atomic mass is 10.1. The molecule has 0 aliphatic rings. The molecule has 4 nitrogen and oxygen atoms in total. The van der Waals surface area contributed by atoms with Gasteiger partial charge in [-0.15, -0.1) is 0 Å². The highest BCUT2D eigenvalue weighted by Crippen LogP contribution is 2.24. The van der Waals surface area contributed by atoms with Crippen molar-refractivity contribution in [2.24, 2.45) is 5.14 Å². The van der Waals surface area contributed by atoms with Gasteiger partial charge < -0.3 is 0 Å². The molecule has 0 heterocycles. The Bertz CT molecular complexity index is 846. The second kappa shape index (κ2) is 8.50. The van der Waals surface area contributed by atoms with Crippen LogP contribution in [0.3, 0.4) is 0 Å². The predicted molar refractivity (Wildman–Crippen MR) is 98.7 cm³/mol. The lowest BCUT2D eigenvalue weighted by Gasteiger charge is -1.98. The van der Waals surface area contributed by atoms with Gasteiger partial charge in [-0.25, -0.2) is 0 Å². The van der Waals surface area contributed by atoms with Crippen molar-refractivity contribution in [3.05, 3.63) is 91.0 Å². The molecule has 3 aromatic carbocycles. The van der Waals surface area contributed by atoms with Crippen LogP contribution in [0.25, 0.3) is 11.1 Å². The van der Waals surface area contributed by atoms with E-state index in [4.69, 9.17) is 5.14 Å². The molecule has 122 valence electrons. The van der Waals surface area contributed by atoms with E-state index in [1.165, 1.54) is 23.3 Å². The third-order valence-electron chi connectivity index (χ3n) is 3.08. The van der Waals surface area contributed by atoms with Gasteiger partial charge in [0.25, 0.3) is 0 Å². The molecule has 24 heavy (non-hydrogen) atoms. The van der Waals surface area contributed by atoms with Crippen LogP contribution in [0, 0.1) is 0 Å². The van der Waals surface area contributed by atoms with Gasteiger partial charge in [-0.3, -0.25) is 0 Å². The van der Waals surface area contributed by atoms with Crippen molar-refractivity contribution < 1.29 is 13.0 Å². The quantitative estimate of drug-likeness (QED) is 0.725. The van der Waals surface area contributed by atoms with Crippen LogP contribution in [-0.4, -0.2) is 8.42 Å². The van der Waals surface area contributed by atoms with Crippen LogP contribution >= 0.6 is 7.00 Å². The van der Waals surface area contributed by atoms with Crippen LogP contribution in [0.1, 0.15) is 0 Å². The van der Waals surface area contributed by atoms with Gasteiger partial charge in [-0.1, -0.05) is 78.9 Å². The molecule has 0 aliphatic carbocycles. The number of hydrogen-bond donors (Lipinski definition) is 1. The zero-order valence-corrected chi connectivity index (χ0v) is 14.5. The number of rotatable bonds is 3. The maximum absolute atomic E-state index is 11.1. The summed E-state index contributed by atoms with van der Waals surface area (Å²) in [6, 6.07) is 28.6. The van der Waals surface area contributed by atoms with Gasteiger partial charge in [0.2, 0.25) is 5.30 Å². The molecule has 2 N–H and O–H groups in total. The Labute approximate surface area is 142 Å². The van der Waals surface area contributed by atoms with Gasteiger partial charge in [-0.2, -0.15) is 13.6 Å². The summed E-state index contributed by atoms with van der Waals surface area (Å²) in [5.41, 5.74) is 2.55. The van der Waals surface area contributed by atoms with Gasteiger partial charge in [-0.05, 0) is 27.8 Å². The van der Waals surface area contributed by atoms with Crippen LogP contribution < -0.4 is 10.4 Å². The molecule has 0 saturated carbocycles. The molecule has 3 rings (SSSR count). The fourth-order valence-electron chi connectivity index (χ4n) is 1.96. The van der Waals surface area contributed by atoms with Crippen molar-refractivity contribution in [1.29, 1.82) is 0 Å². The van der Waals surface area contributed by atoms with Crippen molar-refractivity contribution in [1.82, 2.24) is 0 Å². The molecule has 0 aromatic heterocycles. The molecule has 0 aliphatic heterocycles. The molecule has 6 heteroatoms. The summed E-state index contributed by atoms with van der Waals surface area (Å²) in [6.45, 7) is 0. The van der Waals surface area contributed by atoms with E-state index >= 15 is 0 Å². The third-order valence-corrected chi connectivity index (χ3v) is 6.28. The minimum absolute atomic E-state index is 0.231. The molecule has 0 bridgehead atoms. The van der Waals surface area contributed by atoms with Gasteiger partial charge >= 0.3 is 16.6 Å². The molecule has 1 unspecified atom stereocenters. The highest BCUT2D eigenvalue weighted by Gasteiger charge is 2.33. The Morgan fingerprint density at radius 3 is 1.29 bits per heavy atom. The normalized spacial score (nSPS) is 11.1. The fraction of sp³-hybridized carbons (Fsp3) is 0. The van der Waals surface area contributed by atoms with Crippen LogP contribution in [0.2, 0.25) is 0 Å². The van der Waals surface area contributed by atoms with Crippen LogP contribution in [-0.2, 0) is 14.2 Å². The summed E-state index contributed by atoms with van der Waals surface area (Å²) < 4.78 is 32.4. The van der Waals surface area contributed by atoms with Crippen LogP contribution in [0.5, 0.6) is 0 Å². The summed E-state index contributed by atoms with van der Waals surface area (Å²) >= 11 is 0. The average molecular weight is 358 g/mol. The maximum atomic E-state index is 11.1. The van der Waals surface area contributed by atoms with E-state index in [1.54, 1.807) is 18.2 Å². The first-order valence-corrected chi connectivity index (χ1v) is 10.6. The third kappa shape index (κ3) is 5.39. The largest absolute Gasteiger partial charge is 0.520 e. The minimum Gasteiger partial charge on any atom is -0.188 e. The second-order valence-corrected chi connectivity index (χ2v) is 9.42. The minimum atomic E-state index is -3.95. The van der Waals surface area contributed by atoms with Crippen molar-refractivity contribution >= 4 is 22.0 Å². The lowest BCUT2D eigenvalue weighted by molar-refractivity contribution is 0.585. The zero-order chi connectivity index (χ0) is 17.4.